The van der Waals surface area contributed by atoms with Crippen LogP contribution in [0, 0.1) is 0 Å². The van der Waals surface area contributed by atoms with Crippen molar-refractivity contribution in [3.8, 4) is 0 Å². The van der Waals surface area contributed by atoms with Crippen LogP contribution in [0.15, 0.2) is 48.6 Å². The molecule has 0 aromatic rings. The van der Waals surface area contributed by atoms with Crippen molar-refractivity contribution >= 4 is 23.9 Å². The molecule has 1 saturated heterocycles. The van der Waals surface area contributed by atoms with E-state index in [0.29, 0.717) is 19.3 Å². The lowest BCUT2D eigenvalue weighted by Crippen LogP contribution is -2.61. The Balaban J connectivity index is 2.66. The van der Waals surface area contributed by atoms with Crippen LogP contribution in [0.5, 0.6) is 0 Å². The molecule has 6 unspecified atom stereocenters. The van der Waals surface area contributed by atoms with Gasteiger partial charge in [0.25, 0.3) is 0 Å². The van der Waals surface area contributed by atoms with Crippen LogP contribution in [0.2, 0.25) is 0 Å². The highest BCUT2D eigenvalue weighted by atomic mass is 16.7. The fraction of sp³-hybridized carbons (Fsp3) is 0.797. The molecule has 410 valence electrons. The first-order valence-electron chi connectivity index (χ1n) is 28.6. The second-order valence-electron chi connectivity index (χ2n) is 19.6. The summed E-state index contributed by atoms with van der Waals surface area (Å²) in [5, 5.41) is 31.4. The summed E-state index contributed by atoms with van der Waals surface area (Å²) in [5.41, 5.74) is 0. The van der Waals surface area contributed by atoms with Crippen molar-refractivity contribution < 1.29 is 58.2 Å². The van der Waals surface area contributed by atoms with Crippen LogP contribution in [0.25, 0.3) is 0 Å². The van der Waals surface area contributed by atoms with E-state index in [1.807, 2.05) is 0 Å². The second-order valence-corrected chi connectivity index (χ2v) is 19.6. The number of hydrogen-bond donors (Lipinski definition) is 3. The first kappa shape index (κ1) is 65.7. The molecule has 1 fully saturated rings. The van der Waals surface area contributed by atoms with E-state index in [1.165, 1.54) is 83.5 Å². The molecule has 1 rings (SSSR count). The summed E-state index contributed by atoms with van der Waals surface area (Å²) in [6.07, 6.45) is 43.8. The summed E-state index contributed by atoms with van der Waals surface area (Å²) in [5.74, 6) is -3.14. The third-order valence-electron chi connectivity index (χ3n) is 12.9. The maximum Gasteiger partial charge on any atom is 0.335 e. The first-order chi connectivity index (χ1) is 34.6. The quantitative estimate of drug-likeness (QED) is 0.0228. The molecular formula is C59H102O12. The lowest BCUT2D eigenvalue weighted by atomic mass is 9.98. The molecule has 0 aliphatic carbocycles. The molecule has 0 aromatic heterocycles. The number of hydrogen-bond acceptors (Lipinski definition) is 11. The van der Waals surface area contributed by atoms with Crippen LogP contribution < -0.4 is 0 Å². The van der Waals surface area contributed by atoms with Crippen molar-refractivity contribution in [3.63, 3.8) is 0 Å². The highest BCUT2D eigenvalue weighted by molar-refractivity contribution is 5.74. The van der Waals surface area contributed by atoms with Gasteiger partial charge in [-0.2, -0.15) is 0 Å². The Labute approximate surface area is 431 Å². The number of ether oxygens (including phenoxy) is 5. The van der Waals surface area contributed by atoms with E-state index in [-0.39, 0.29) is 25.9 Å². The van der Waals surface area contributed by atoms with E-state index < -0.39 is 67.3 Å². The van der Waals surface area contributed by atoms with Crippen LogP contribution in [0.1, 0.15) is 252 Å². The third-order valence-corrected chi connectivity index (χ3v) is 12.9. The van der Waals surface area contributed by atoms with Crippen LogP contribution in [0.3, 0.4) is 0 Å². The Kier molecular flexibility index (Phi) is 44.1. The van der Waals surface area contributed by atoms with Crippen molar-refractivity contribution in [1.29, 1.82) is 0 Å². The zero-order valence-corrected chi connectivity index (χ0v) is 45.0. The van der Waals surface area contributed by atoms with Gasteiger partial charge in [0.05, 0.1) is 6.61 Å². The highest BCUT2D eigenvalue weighted by Gasteiger charge is 2.50. The van der Waals surface area contributed by atoms with Gasteiger partial charge >= 0.3 is 23.9 Å². The van der Waals surface area contributed by atoms with E-state index in [1.54, 1.807) is 0 Å². The number of carboxylic acid groups (broad SMARTS) is 1. The SMILES string of the molecule is CCCCC/C=C\C/C=C\C/C=C\CCCCCCCCC(=O)OC1C(OCC(COC(=O)CCCCCCC/C=C\CCCCCC)OC(=O)CCCCCCCCCCC)OC(C(=O)O)C(O)C1O. The molecule has 0 saturated carbocycles. The molecule has 1 heterocycles. The minimum absolute atomic E-state index is 0.0466. The Bertz CT molecular complexity index is 1420. The van der Waals surface area contributed by atoms with Gasteiger partial charge in [0.1, 0.15) is 18.8 Å². The summed E-state index contributed by atoms with van der Waals surface area (Å²) >= 11 is 0. The van der Waals surface area contributed by atoms with Crippen molar-refractivity contribution in [1.82, 2.24) is 0 Å². The van der Waals surface area contributed by atoms with Crippen molar-refractivity contribution in [2.24, 2.45) is 0 Å². The molecular weight excluding hydrogens is 901 g/mol. The molecule has 0 bridgehead atoms. The molecule has 1 aliphatic heterocycles. The van der Waals surface area contributed by atoms with Crippen molar-refractivity contribution in [3.05, 3.63) is 48.6 Å². The number of allylic oxidation sites excluding steroid dienone is 8. The number of rotatable bonds is 48. The fourth-order valence-corrected chi connectivity index (χ4v) is 8.43. The predicted octanol–water partition coefficient (Wildman–Crippen LogP) is 14.2. The zero-order valence-electron chi connectivity index (χ0n) is 45.0. The normalized spacial score (nSPS) is 18.8. The predicted molar refractivity (Wildman–Crippen MR) is 285 cm³/mol. The van der Waals surface area contributed by atoms with Crippen molar-refractivity contribution in [2.75, 3.05) is 13.2 Å². The summed E-state index contributed by atoms with van der Waals surface area (Å²) in [6, 6.07) is 0. The second kappa shape index (κ2) is 47.7. The number of carbonyl (C=O) groups is 4. The summed E-state index contributed by atoms with van der Waals surface area (Å²) in [6.45, 7) is 5.91. The van der Waals surface area contributed by atoms with Crippen LogP contribution >= 0.6 is 0 Å². The van der Waals surface area contributed by atoms with Gasteiger partial charge in [0, 0.05) is 19.3 Å². The fourth-order valence-electron chi connectivity index (χ4n) is 8.43. The number of carboxylic acids is 1. The standard InChI is InChI=1S/C59H102O12/c1-4-7-10-13-16-19-21-23-24-25-26-27-28-30-32-35-38-41-44-47-53(62)70-57-55(64)54(63)56(58(65)66)71-59(57)68-49-50(69-52(61)46-43-40-37-33-18-15-12-9-6-3)48-67-51(60)45-42-39-36-34-31-29-22-20-17-14-11-8-5-2/h16,19-20,22-24,26-27,50,54-57,59,63-64H,4-15,17-18,21,25,28-49H2,1-3H3,(H,65,66)/b19-16-,22-20-,24-23-,27-26-. The van der Waals surface area contributed by atoms with Gasteiger partial charge in [-0.25, -0.2) is 4.79 Å². The lowest BCUT2D eigenvalue weighted by molar-refractivity contribution is -0.301. The van der Waals surface area contributed by atoms with Gasteiger partial charge in [0.2, 0.25) is 0 Å². The largest absolute Gasteiger partial charge is 0.479 e. The highest BCUT2D eigenvalue weighted by Crippen LogP contribution is 2.26. The minimum Gasteiger partial charge on any atom is -0.479 e. The molecule has 12 nitrogen and oxygen atoms in total. The minimum atomic E-state index is -1.91. The van der Waals surface area contributed by atoms with Gasteiger partial charge in [-0.3, -0.25) is 14.4 Å². The number of carbonyl (C=O) groups excluding carboxylic acids is 3. The number of aliphatic carboxylic acids is 1. The Morgan fingerprint density at radius 3 is 1.34 bits per heavy atom. The Morgan fingerprint density at radius 1 is 0.465 bits per heavy atom. The van der Waals surface area contributed by atoms with Crippen LogP contribution in [-0.4, -0.2) is 89.2 Å². The van der Waals surface area contributed by atoms with Gasteiger partial charge in [-0.05, 0) is 83.5 Å². The number of esters is 3. The first-order valence-corrected chi connectivity index (χ1v) is 28.6. The van der Waals surface area contributed by atoms with Crippen LogP contribution in [0.4, 0.5) is 0 Å². The van der Waals surface area contributed by atoms with E-state index in [0.717, 1.165) is 109 Å². The van der Waals surface area contributed by atoms with Crippen molar-refractivity contribution in [2.45, 2.75) is 289 Å². The van der Waals surface area contributed by atoms with E-state index in [2.05, 4.69) is 69.4 Å². The monoisotopic (exact) mass is 1000 g/mol. The maximum absolute atomic E-state index is 13.0. The van der Waals surface area contributed by atoms with Gasteiger partial charge in [-0.1, -0.05) is 198 Å². The molecule has 0 radical (unpaired) electrons. The molecule has 0 aromatic carbocycles. The lowest BCUT2D eigenvalue weighted by Gasteiger charge is -2.40. The number of aliphatic hydroxyl groups excluding tert-OH is 2. The van der Waals surface area contributed by atoms with Gasteiger partial charge in [0.15, 0.2) is 24.6 Å². The summed E-state index contributed by atoms with van der Waals surface area (Å²) in [7, 11) is 0. The molecule has 71 heavy (non-hydrogen) atoms. The third kappa shape index (κ3) is 38.0. The average molecular weight is 1000 g/mol. The summed E-state index contributed by atoms with van der Waals surface area (Å²) < 4.78 is 28.3. The molecule has 3 N–H and O–H groups in total. The molecule has 6 atom stereocenters. The average Bonchev–Trinajstić information content (AvgIpc) is 3.35. The topological polar surface area (TPSA) is 175 Å². The molecule has 0 spiro atoms. The van der Waals surface area contributed by atoms with E-state index in [9.17, 15) is 34.5 Å². The Hall–Kier alpha value is -3.32. The number of aliphatic hydroxyl groups is 2. The summed E-state index contributed by atoms with van der Waals surface area (Å²) in [4.78, 5) is 50.9. The zero-order chi connectivity index (χ0) is 51.8. The smallest absolute Gasteiger partial charge is 0.335 e. The van der Waals surface area contributed by atoms with E-state index in [4.69, 9.17) is 23.7 Å². The molecule has 1 aliphatic rings. The van der Waals surface area contributed by atoms with Gasteiger partial charge in [-0.15, -0.1) is 0 Å². The molecule has 0 amide bonds. The molecule has 12 heteroatoms. The van der Waals surface area contributed by atoms with E-state index >= 15 is 0 Å². The number of unbranched alkanes of at least 4 members (excludes halogenated alkanes) is 26. The Morgan fingerprint density at radius 2 is 0.845 bits per heavy atom. The van der Waals surface area contributed by atoms with Crippen LogP contribution in [-0.2, 0) is 42.9 Å². The van der Waals surface area contributed by atoms with Gasteiger partial charge < -0.3 is 39.0 Å². The maximum atomic E-state index is 13.0.